The molecule has 1 aliphatic rings. The minimum atomic E-state index is -0.315. The Labute approximate surface area is 93.2 Å². The van der Waals surface area contributed by atoms with E-state index in [9.17, 15) is 4.39 Å². The molecule has 16 heavy (non-hydrogen) atoms. The van der Waals surface area contributed by atoms with Gasteiger partial charge in [-0.25, -0.2) is 4.39 Å². The van der Waals surface area contributed by atoms with Crippen molar-refractivity contribution in [3.05, 3.63) is 35.8 Å². The fourth-order valence-electron chi connectivity index (χ4n) is 2.24. The monoisotopic (exact) mass is 219 g/mol. The van der Waals surface area contributed by atoms with Gasteiger partial charge < -0.3 is 10.2 Å². The third-order valence-electron chi connectivity index (χ3n) is 3.50. The van der Waals surface area contributed by atoms with Crippen LogP contribution in [-0.2, 0) is 0 Å². The van der Waals surface area contributed by atoms with Crippen LogP contribution in [0.3, 0.4) is 0 Å². The van der Waals surface area contributed by atoms with E-state index < -0.39 is 0 Å². The number of halogens is 1. The summed E-state index contributed by atoms with van der Waals surface area (Å²) in [5.41, 5.74) is 6.42. The Morgan fingerprint density at radius 3 is 2.81 bits per heavy atom. The Balaban J connectivity index is 2.01. The van der Waals surface area contributed by atoms with Crippen molar-refractivity contribution in [1.29, 1.82) is 0 Å². The van der Waals surface area contributed by atoms with Crippen molar-refractivity contribution in [3.8, 4) is 0 Å². The number of para-hydroxylation sites is 1. The second kappa shape index (κ2) is 3.59. The molecule has 1 aromatic heterocycles. The van der Waals surface area contributed by atoms with Crippen molar-refractivity contribution in [2.24, 2.45) is 11.7 Å². The van der Waals surface area contributed by atoms with E-state index in [1.165, 1.54) is 12.5 Å². The van der Waals surface area contributed by atoms with E-state index in [0.717, 1.165) is 18.2 Å². The smallest absolute Gasteiger partial charge is 0.169 e. The van der Waals surface area contributed by atoms with Crippen LogP contribution in [0.15, 0.2) is 28.7 Å². The first-order valence-electron chi connectivity index (χ1n) is 5.69. The zero-order chi connectivity index (χ0) is 11.1. The second-order valence-corrected chi connectivity index (χ2v) is 4.52. The van der Waals surface area contributed by atoms with Gasteiger partial charge in [-0.2, -0.15) is 0 Å². The Bertz CT molecular complexity index is 516. The normalized spacial score (nSPS) is 18.6. The quantitative estimate of drug-likeness (QED) is 0.841. The lowest BCUT2D eigenvalue weighted by Crippen LogP contribution is -2.26. The molecule has 2 nitrogen and oxygen atoms in total. The van der Waals surface area contributed by atoms with E-state index in [1.54, 1.807) is 6.07 Å². The zero-order valence-corrected chi connectivity index (χ0v) is 8.95. The van der Waals surface area contributed by atoms with Crippen LogP contribution in [0.2, 0.25) is 0 Å². The van der Waals surface area contributed by atoms with Gasteiger partial charge in [0, 0.05) is 5.39 Å². The van der Waals surface area contributed by atoms with Gasteiger partial charge in [0.1, 0.15) is 5.76 Å². The molecule has 1 unspecified atom stereocenters. The maximum absolute atomic E-state index is 13.4. The molecule has 3 heteroatoms. The van der Waals surface area contributed by atoms with E-state index in [0.29, 0.717) is 17.3 Å². The first kappa shape index (κ1) is 9.85. The maximum atomic E-state index is 13.4. The zero-order valence-electron chi connectivity index (χ0n) is 8.95. The molecule has 0 amide bonds. The predicted molar refractivity (Wildman–Crippen MR) is 60.4 cm³/mol. The average molecular weight is 219 g/mol. The predicted octanol–water partition coefficient (Wildman–Crippen LogP) is 3.37. The summed E-state index contributed by atoms with van der Waals surface area (Å²) in [6.07, 6.45) is 3.55. The summed E-state index contributed by atoms with van der Waals surface area (Å²) in [4.78, 5) is 0. The van der Waals surface area contributed by atoms with Gasteiger partial charge in [0.15, 0.2) is 11.4 Å². The maximum Gasteiger partial charge on any atom is 0.169 e. The van der Waals surface area contributed by atoms with E-state index in [1.807, 2.05) is 12.1 Å². The molecule has 0 radical (unpaired) electrons. The first-order valence-corrected chi connectivity index (χ1v) is 5.69. The second-order valence-electron chi connectivity index (χ2n) is 4.52. The highest BCUT2D eigenvalue weighted by Crippen LogP contribution is 2.38. The lowest BCUT2D eigenvalue weighted by molar-refractivity contribution is 0.243. The molecule has 1 aliphatic carbocycles. The summed E-state index contributed by atoms with van der Waals surface area (Å²) in [7, 11) is 0. The molecule has 3 rings (SSSR count). The number of hydrogen-bond acceptors (Lipinski definition) is 2. The molecule has 1 aromatic carbocycles. The lowest BCUT2D eigenvalue weighted by atomic mass is 9.79. The van der Waals surface area contributed by atoms with Crippen molar-refractivity contribution in [2.75, 3.05) is 0 Å². The molecular formula is C13H14FNO. The number of nitrogens with two attached hydrogens (primary N) is 1. The lowest BCUT2D eigenvalue weighted by Gasteiger charge is -2.29. The molecule has 1 atom stereocenters. The molecule has 2 N–H and O–H groups in total. The van der Waals surface area contributed by atoms with Crippen molar-refractivity contribution in [1.82, 2.24) is 0 Å². The standard InChI is InChI=1S/C13H14FNO/c14-10-6-2-5-9-7-11(16-13(9)10)12(15)8-3-1-4-8/h2,5-8,12H,1,3-4,15H2. The van der Waals surface area contributed by atoms with Crippen LogP contribution in [0.25, 0.3) is 11.0 Å². The van der Waals surface area contributed by atoms with Gasteiger partial charge in [0.2, 0.25) is 0 Å². The molecule has 0 aliphatic heterocycles. The molecule has 1 heterocycles. The van der Waals surface area contributed by atoms with Crippen LogP contribution in [-0.4, -0.2) is 0 Å². The van der Waals surface area contributed by atoms with Crippen molar-refractivity contribution < 1.29 is 8.81 Å². The van der Waals surface area contributed by atoms with Crippen molar-refractivity contribution >= 4 is 11.0 Å². The van der Waals surface area contributed by atoms with Crippen molar-refractivity contribution in [3.63, 3.8) is 0 Å². The van der Waals surface area contributed by atoms with Gasteiger partial charge in [-0.15, -0.1) is 0 Å². The number of hydrogen-bond donors (Lipinski definition) is 1. The Morgan fingerprint density at radius 1 is 1.38 bits per heavy atom. The third kappa shape index (κ3) is 1.43. The number of benzene rings is 1. The topological polar surface area (TPSA) is 39.2 Å². The third-order valence-corrected chi connectivity index (χ3v) is 3.50. The van der Waals surface area contributed by atoms with Gasteiger partial charge in [0.25, 0.3) is 0 Å². The molecule has 0 saturated heterocycles. The van der Waals surface area contributed by atoms with E-state index in [4.69, 9.17) is 10.2 Å². The van der Waals surface area contributed by atoms with Crippen LogP contribution >= 0.6 is 0 Å². The SMILES string of the molecule is NC(c1cc2cccc(F)c2o1)C1CCC1. The summed E-state index contributed by atoms with van der Waals surface area (Å²) >= 11 is 0. The number of rotatable bonds is 2. The highest BCUT2D eigenvalue weighted by atomic mass is 19.1. The van der Waals surface area contributed by atoms with Gasteiger partial charge in [-0.05, 0) is 30.9 Å². The molecule has 2 aromatic rings. The summed E-state index contributed by atoms with van der Waals surface area (Å²) < 4.78 is 18.9. The number of fused-ring (bicyclic) bond motifs is 1. The molecule has 84 valence electrons. The van der Waals surface area contributed by atoms with Crippen molar-refractivity contribution in [2.45, 2.75) is 25.3 Å². The van der Waals surface area contributed by atoms with Gasteiger partial charge >= 0.3 is 0 Å². The Hall–Kier alpha value is -1.35. The summed E-state index contributed by atoms with van der Waals surface area (Å²) in [5.74, 6) is 0.901. The molecule has 0 bridgehead atoms. The fourth-order valence-corrected chi connectivity index (χ4v) is 2.24. The Kier molecular flexibility index (Phi) is 2.21. The molecule has 1 saturated carbocycles. The minimum Gasteiger partial charge on any atom is -0.456 e. The van der Waals surface area contributed by atoms with Gasteiger partial charge in [-0.3, -0.25) is 0 Å². The van der Waals surface area contributed by atoms with Crippen LogP contribution in [0.1, 0.15) is 31.1 Å². The van der Waals surface area contributed by atoms with Crippen LogP contribution in [0.5, 0.6) is 0 Å². The summed E-state index contributed by atoms with van der Waals surface area (Å²) in [6.45, 7) is 0. The summed E-state index contributed by atoms with van der Waals surface area (Å²) in [5, 5.41) is 0.796. The van der Waals surface area contributed by atoms with E-state index >= 15 is 0 Å². The molecule has 0 spiro atoms. The highest BCUT2D eigenvalue weighted by molar-refractivity contribution is 5.78. The van der Waals surface area contributed by atoms with Crippen LogP contribution < -0.4 is 5.73 Å². The molecular weight excluding hydrogens is 205 g/mol. The van der Waals surface area contributed by atoms with Crippen LogP contribution in [0.4, 0.5) is 4.39 Å². The Morgan fingerprint density at radius 2 is 2.19 bits per heavy atom. The highest BCUT2D eigenvalue weighted by Gasteiger charge is 2.28. The fraction of sp³-hybridized carbons (Fsp3) is 0.385. The van der Waals surface area contributed by atoms with Crippen LogP contribution in [0, 0.1) is 11.7 Å². The molecule has 1 fully saturated rings. The summed E-state index contributed by atoms with van der Waals surface area (Å²) in [6, 6.07) is 6.72. The average Bonchev–Trinajstić information content (AvgIpc) is 2.60. The first-order chi connectivity index (χ1) is 7.75. The van der Waals surface area contributed by atoms with E-state index in [2.05, 4.69) is 0 Å². The number of furan rings is 1. The van der Waals surface area contributed by atoms with Gasteiger partial charge in [0.05, 0.1) is 6.04 Å². The largest absolute Gasteiger partial charge is 0.456 e. The van der Waals surface area contributed by atoms with E-state index in [-0.39, 0.29) is 11.9 Å². The minimum absolute atomic E-state index is 0.0828. The van der Waals surface area contributed by atoms with Gasteiger partial charge in [-0.1, -0.05) is 18.6 Å².